The molecular weight excluding hydrogens is 336 g/mol. The van der Waals surface area contributed by atoms with Crippen LogP contribution in [0.3, 0.4) is 0 Å². The van der Waals surface area contributed by atoms with Crippen molar-refractivity contribution in [2.75, 3.05) is 20.8 Å². The van der Waals surface area contributed by atoms with E-state index in [2.05, 4.69) is 40.2 Å². The first kappa shape index (κ1) is 17.6. The average molecular weight is 360 g/mol. The summed E-state index contributed by atoms with van der Waals surface area (Å²) in [4.78, 5) is 6.95. The number of rotatable bonds is 5. The zero-order valence-corrected chi connectivity index (χ0v) is 15.8. The lowest BCUT2D eigenvalue weighted by molar-refractivity contribution is 0.245. The van der Waals surface area contributed by atoms with Gasteiger partial charge in [0.1, 0.15) is 0 Å². The maximum Gasteiger partial charge on any atom is 0.161 e. The van der Waals surface area contributed by atoms with E-state index in [1.54, 1.807) is 14.2 Å². The Bertz CT molecular complexity index is 939. The van der Waals surface area contributed by atoms with Gasteiger partial charge < -0.3 is 9.47 Å². The molecule has 0 bridgehead atoms. The highest BCUT2D eigenvalue weighted by atomic mass is 16.5. The molecule has 4 nitrogen and oxygen atoms in total. The van der Waals surface area contributed by atoms with E-state index in [9.17, 15) is 0 Å². The van der Waals surface area contributed by atoms with Crippen LogP contribution in [0, 0.1) is 0 Å². The van der Waals surface area contributed by atoms with Crippen LogP contribution in [0.2, 0.25) is 0 Å². The van der Waals surface area contributed by atoms with E-state index in [1.807, 2.05) is 30.6 Å². The number of hydrogen-bond acceptors (Lipinski definition) is 4. The highest BCUT2D eigenvalue weighted by Gasteiger charge is 2.16. The fourth-order valence-electron chi connectivity index (χ4n) is 3.70. The Kier molecular flexibility index (Phi) is 5.07. The third-order valence-electron chi connectivity index (χ3n) is 5.13. The van der Waals surface area contributed by atoms with Crippen molar-refractivity contribution >= 4 is 0 Å². The molecule has 1 aliphatic heterocycles. The standard InChI is InChI=1S/C23H24N2O2/c1-26-22-8-7-19(12-23(22)27-2)21-11-17(13-24-14-21)15-25-10-9-18-5-3-4-6-20(18)16-25/h3-8,11-14H,9-10,15-16H2,1-2H3. The molecule has 1 aromatic heterocycles. The van der Waals surface area contributed by atoms with Crippen molar-refractivity contribution in [2.24, 2.45) is 0 Å². The van der Waals surface area contributed by atoms with Crippen LogP contribution in [0.25, 0.3) is 11.1 Å². The van der Waals surface area contributed by atoms with Crippen molar-refractivity contribution in [3.8, 4) is 22.6 Å². The van der Waals surface area contributed by atoms with Gasteiger partial charge in [0.2, 0.25) is 0 Å². The Labute approximate surface area is 160 Å². The maximum atomic E-state index is 5.43. The first-order chi connectivity index (χ1) is 13.3. The van der Waals surface area contributed by atoms with Crippen molar-refractivity contribution < 1.29 is 9.47 Å². The number of ether oxygens (including phenoxy) is 2. The molecule has 0 spiro atoms. The van der Waals surface area contributed by atoms with Crippen LogP contribution in [-0.2, 0) is 19.5 Å². The number of aromatic nitrogens is 1. The average Bonchev–Trinajstić information content (AvgIpc) is 2.73. The second kappa shape index (κ2) is 7.80. The van der Waals surface area contributed by atoms with Gasteiger partial charge in [0.15, 0.2) is 11.5 Å². The van der Waals surface area contributed by atoms with Gasteiger partial charge in [-0.2, -0.15) is 0 Å². The number of benzene rings is 2. The molecule has 0 amide bonds. The topological polar surface area (TPSA) is 34.6 Å². The van der Waals surface area contributed by atoms with Gasteiger partial charge in [-0.05, 0) is 46.9 Å². The second-order valence-electron chi connectivity index (χ2n) is 6.88. The summed E-state index contributed by atoms with van der Waals surface area (Å²) in [5, 5.41) is 0. The quantitative estimate of drug-likeness (QED) is 0.678. The van der Waals surface area contributed by atoms with E-state index in [4.69, 9.17) is 9.47 Å². The van der Waals surface area contributed by atoms with Gasteiger partial charge >= 0.3 is 0 Å². The van der Waals surface area contributed by atoms with Gasteiger partial charge in [-0.25, -0.2) is 0 Å². The van der Waals surface area contributed by atoms with Crippen molar-refractivity contribution in [1.29, 1.82) is 0 Å². The van der Waals surface area contributed by atoms with Gasteiger partial charge in [0, 0.05) is 37.6 Å². The molecule has 1 aliphatic rings. The molecule has 0 unspecified atom stereocenters. The van der Waals surface area contributed by atoms with Gasteiger partial charge in [0.25, 0.3) is 0 Å². The number of methoxy groups -OCH3 is 2. The van der Waals surface area contributed by atoms with Crippen LogP contribution < -0.4 is 9.47 Å². The Morgan fingerprint density at radius 3 is 2.52 bits per heavy atom. The highest BCUT2D eigenvalue weighted by molar-refractivity contribution is 5.67. The van der Waals surface area contributed by atoms with E-state index in [1.165, 1.54) is 16.7 Å². The summed E-state index contributed by atoms with van der Waals surface area (Å²) in [5.74, 6) is 1.46. The van der Waals surface area contributed by atoms with Crippen LogP contribution in [0.15, 0.2) is 60.9 Å². The SMILES string of the molecule is COc1ccc(-c2cncc(CN3CCc4ccccc4C3)c2)cc1OC. The fraction of sp³-hybridized carbons (Fsp3) is 0.261. The first-order valence-corrected chi connectivity index (χ1v) is 9.22. The number of pyridine rings is 1. The summed E-state index contributed by atoms with van der Waals surface area (Å²) >= 11 is 0. The van der Waals surface area contributed by atoms with Gasteiger partial charge in [-0.1, -0.05) is 30.3 Å². The lowest BCUT2D eigenvalue weighted by Crippen LogP contribution is -2.30. The largest absolute Gasteiger partial charge is 0.493 e. The summed E-state index contributed by atoms with van der Waals surface area (Å²) in [6, 6.07) is 16.9. The zero-order chi connectivity index (χ0) is 18.6. The van der Waals surface area contributed by atoms with E-state index in [0.717, 1.165) is 48.7 Å². The molecule has 27 heavy (non-hydrogen) atoms. The Morgan fingerprint density at radius 2 is 1.70 bits per heavy atom. The van der Waals surface area contributed by atoms with Gasteiger partial charge in [-0.15, -0.1) is 0 Å². The molecule has 2 heterocycles. The minimum Gasteiger partial charge on any atom is -0.493 e. The third-order valence-corrected chi connectivity index (χ3v) is 5.13. The lowest BCUT2D eigenvalue weighted by Gasteiger charge is -2.28. The minimum atomic E-state index is 0.730. The lowest BCUT2D eigenvalue weighted by atomic mass is 9.99. The summed E-state index contributed by atoms with van der Waals surface area (Å²) in [5.41, 5.74) is 6.30. The molecule has 3 aromatic rings. The van der Waals surface area contributed by atoms with Crippen molar-refractivity contribution in [2.45, 2.75) is 19.5 Å². The second-order valence-corrected chi connectivity index (χ2v) is 6.88. The number of hydrogen-bond donors (Lipinski definition) is 0. The minimum absolute atomic E-state index is 0.730. The summed E-state index contributed by atoms with van der Waals surface area (Å²) in [6.07, 6.45) is 4.97. The third kappa shape index (κ3) is 3.81. The number of fused-ring (bicyclic) bond motifs is 1. The maximum absolute atomic E-state index is 5.43. The van der Waals surface area contributed by atoms with Crippen LogP contribution in [0.4, 0.5) is 0 Å². The molecule has 0 saturated carbocycles. The predicted molar refractivity (Wildman–Crippen MR) is 107 cm³/mol. The molecule has 0 fully saturated rings. The molecule has 0 aliphatic carbocycles. The molecule has 4 heteroatoms. The van der Waals surface area contributed by atoms with Crippen molar-refractivity contribution in [3.63, 3.8) is 0 Å². The Morgan fingerprint density at radius 1 is 0.889 bits per heavy atom. The molecular formula is C23H24N2O2. The molecule has 2 aromatic carbocycles. The van der Waals surface area contributed by atoms with E-state index < -0.39 is 0 Å². The van der Waals surface area contributed by atoms with Crippen molar-refractivity contribution in [3.05, 3.63) is 77.6 Å². The van der Waals surface area contributed by atoms with E-state index in [-0.39, 0.29) is 0 Å². The molecule has 0 atom stereocenters. The highest BCUT2D eigenvalue weighted by Crippen LogP contribution is 2.32. The summed E-state index contributed by atoms with van der Waals surface area (Å²) < 4.78 is 10.8. The van der Waals surface area contributed by atoms with Crippen molar-refractivity contribution in [1.82, 2.24) is 9.88 Å². The summed E-state index contributed by atoms with van der Waals surface area (Å²) in [7, 11) is 3.31. The van der Waals surface area contributed by atoms with Gasteiger partial charge in [-0.3, -0.25) is 9.88 Å². The normalized spacial score (nSPS) is 13.9. The zero-order valence-electron chi connectivity index (χ0n) is 15.8. The van der Waals surface area contributed by atoms with E-state index >= 15 is 0 Å². The molecule has 0 saturated heterocycles. The Hall–Kier alpha value is -2.85. The molecule has 4 rings (SSSR count). The summed E-state index contributed by atoms with van der Waals surface area (Å²) in [6.45, 7) is 2.98. The fourth-order valence-corrected chi connectivity index (χ4v) is 3.70. The predicted octanol–water partition coefficient (Wildman–Crippen LogP) is 4.32. The molecule has 0 radical (unpaired) electrons. The smallest absolute Gasteiger partial charge is 0.161 e. The van der Waals surface area contributed by atoms with Gasteiger partial charge in [0.05, 0.1) is 14.2 Å². The van der Waals surface area contributed by atoms with Crippen LogP contribution in [0.5, 0.6) is 11.5 Å². The Balaban J connectivity index is 1.53. The number of nitrogens with zero attached hydrogens (tertiary/aromatic N) is 2. The monoisotopic (exact) mass is 360 g/mol. The van der Waals surface area contributed by atoms with Crippen LogP contribution >= 0.6 is 0 Å². The molecule has 138 valence electrons. The first-order valence-electron chi connectivity index (χ1n) is 9.22. The van der Waals surface area contributed by atoms with Crippen LogP contribution in [0.1, 0.15) is 16.7 Å². The van der Waals surface area contributed by atoms with E-state index in [0.29, 0.717) is 0 Å². The molecule has 0 N–H and O–H groups in total. The van der Waals surface area contributed by atoms with Crippen LogP contribution in [-0.4, -0.2) is 30.6 Å².